The lowest BCUT2D eigenvalue weighted by Gasteiger charge is -2.32. The van der Waals surface area contributed by atoms with Crippen LogP contribution in [0.5, 0.6) is 0 Å². The summed E-state index contributed by atoms with van der Waals surface area (Å²) in [7, 11) is 0. The van der Waals surface area contributed by atoms with Gasteiger partial charge in [0.15, 0.2) is 5.69 Å². The van der Waals surface area contributed by atoms with E-state index in [2.05, 4.69) is 26.3 Å². The van der Waals surface area contributed by atoms with Crippen LogP contribution in [-0.4, -0.2) is 82.2 Å². The average molecular weight is 655 g/mol. The van der Waals surface area contributed by atoms with Crippen molar-refractivity contribution in [1.29, 1.82) is 0 Å². The number of fused-ring (bicyclic) bond motifs is 2. The minimum absolute atomic E-state index is 0.0187. The Balaban J connectivity index is 0.00000142. The third-order valence-corrected chi connectivity index (χ3v) is 8.05. The quantitative estimate of drug-likeness (QED) is 0.320. The zero-order valence-corrected chi connectivity index (χ0v) is 27.4. The molecule has 2 aliphatic heterocycles. The van der Waals surface area contributed by atoms with Gasteiger partial charge in [-0.05, 0) is 43.6 Å². The molecule has 2 bridgehead atoms. The summed E-state index contributed by atoms with van der Waals surface area (Å²) >= 11 is 0. The van der Waals surface area contributed by atoms with Crippen molar-refractivity contribution < 1.29 is 38.3 Å². The third kappa shape index (κ3) is 11.5. The Kier molecular flexibility index (Phi) is 13.9. The van der Waals surface area contributed by atoms with Gasteiger partial charge in [-0.15, -0.1) is 0 Å². The first kappa shape index (κ1) is 36.7. The topological polar surface area (TPSA) is 200 Å². The molecule has 14 heteroatoms. The van der Waals surface area contributed by atoms with E-state index in [4.69, 9.17) is 14.3 Å². The number of carboxylic acid groups (broad SMARTS) is 1. The zero-order chi connectivity index (χ0) is 34.5. The lowest BCUT2D eigenvalue weighted by atomic mass is 9.95. The summed E-state index contributed by atoms with van der Waals surface area (Å²) in [5.74, 6) is -2.75. The highest BCUT2D eigenvalue weighted by atomic mass is 16.4. The molecule has 5 amide bonds. The fourth-order valence-electron chi connectivity index (χ4n) is 5.43. The van der Waals surface area contributed by atoms with Gasteiger partial charge in [-0.25, -0.2) is 4.98 Å². The molecule has 0 radical (unpaired) electrons. The molecule has 47 heavy (non-hydrogen) atoms. The molecule has 1 saturated heterocycles. The van der Waals surface area contributed by atoms with Crippen LogP contribution in [0.1, 0.15) is 87.8 Å². The van der Waals surface area contributed by atoms with Crippen LogP contribution in [0.3, 0.4) is 0 Å². The van der Waals surface area contributed by atoms with E-state index in [9.17, 15) is 24.0 Å². The summed E-state index contributed by atoms with van der Waals surface area (Å²) in [5.41, 5.74) is 1.04. The largest absolute Gasteiger partial charge is 0.481 e. The molecular formula is C33H46N6O8. The minimum atomic E-state index is -0.894. The van der Waals surface area contributed by atoms with Crippen molar-refractivity contribution in [3.05, 3.63) is 53.7 Å². The number of nitrogens with one attached hydrogen (secondary N) is 4. The van der Waals surface area contributed by atoms with Crippen molar-refractivity contribution in [2.24, 2.45) is 11.8 Å². The summed E-state index contributed by atoms with van der Waals surface area (Å²) in [5, 5.41) is 19.0. The number of nitrogens with zero attached hydrogens (tertiary/aromatic N) is 2. The van der Waals surface area contributed by atoms with Gasteiger partial charge in [0.1, 0.15) is 24.4 Å². The molecule has 256 valence electrons. The first-order valence-corrected chi connectivity index (χ1v) is 16.0. The monoisotopic (exact) mass is 654 g/mol. The number of hydrogen-bond acceptors (Lipinski definition) is 8. The number of aromatic nitrogens is 1. The molecule has 14 nitrogen and oxygen atoms in total. The van der Waals surface area contributed by atoms with Gasteiger partial charge in [-0.3, -0.25) is 28.8 Å². The number of hydrogen-bond donors (Lipinski definition) is 5. The molecule has 0 saturated carbocycles. The van der Waals surface area contributed by atoms with Crippen molar-refractivity contribution in [3.63, 3.8) is 0 Å². The van der Waals surface area contributed by atoms with Crippen LogP contribution in [0, 0.1) is 11.8 Å². The van der Waals surface area contributed by atoms with Crippen molar-refractivity contribution in [3.8, 4) is 0 Å². The predicted molar refractivity (Wildman–Crippen MR) is 171 cm³/mol. The predicted octanol–water partition coefficient (Wildman–Crippen LogP) is 1.96. The van der Waals surface area contributed by atoms with Crippen LogP contribution >= 0.6 is 0 Å². The van der Waals surface area contributed by atoms with E-state index in [0.29, 0.717) is 58.2 Å². The Bertz CT molecular complexity index is 1380. The zero-order valence-electron chi connectivity index (χ0n) is 27.4. The molecule has 3 heterocycles. The maximum Gasteiger partial charge on any atom is 0.300 e. The van der Waals surface area contributed by atoms with Crippen molar-refractivity contribution in [2.45, 2.75) is 84.3 Å². The van der Waals surface area contributed by atoms with Gasteiger partial charge in [0.05, 0.1) is 0 Å². The smallest absolute Gasteiger partial charge is 0.300 e. The Labute approximate surface area is 274 Å². The second-order valence-corrected chi connectivity index (χ2v) is 12.2. The van der Waals surface area contributed by atoms with Crippen LogP contribution in [0.15, 0.2) is 41.0 Å². The Morgan fingerprint density at radius 1 is 1.00 bits per heavy atom. The first-order valence-electron chi connectivity index (χ1n) is 16.0. The van der Waals surface area contributed by atoms with Gasteiger partial charge in [0.2, 0.25) is 29.5 Å². The summed E-state index contributed by atoms with van der Waals surface area (Å²) in [6, 6.07) is 7.06. The van der Waals surface area contributed by atoms with E-state index >= 15 is 0 Å². The Morgan fingerprint density at radius 2 is 1.66 bits per heavy atom. The number of rotatable bonds is 5. The fraction of sp³-hybridized carbons (Fsp3) is 0.545. The van der Waals surface area contributed by atoms with E-state index in [1.165, 1.54) is 13.2 Å². The molecular weight excluding hydrogens is 608 g/mol. The van der Waals surface area contributed by atoms with E-state index in [-0.39, 0.29) is 35.2 Å². The number of carboxylic acids is 1. The normalized spacial score (nSPS) is 21.4. The Hall–Kier alpha value is -4.75. The van der Waals surface area contributed by atoms with Crippen molar-refractivity contribution in [2.75, 3.05) is 19.6 Å². The van der Waals surface area contributed by atoms with E-state index in [0.717, 1.165) is 12.5 Å². The SMILES string of the molecule is CC(=O)N1CCC(C(=O)N[C@H]2CCCCNC(=O)c3coc(n3)[C@@H](Cc3ccccc3)NC(=O)[C@H](C(C)C)NC2=O)CC1.CC(=O)O. The van der Waals surface area contributed by atoms with Crippen LogP contribution in [0.4, 0.5) is 0 Å². The molecule has 0 aliphatic carbocycles. The van der Waals surface area contributed by atoms with E-state index < -0.39 is 41.8 Å². The van der Waals surface area contributed by atoms with Crippen molar-refractivity contribution in [1.82, 2.24) is 31.2 Å². The molecule has 1 fully saturated rings. The summed E-state index contributed by atoms with van der Waals surface area (Å²) in [6.07, 6.45) is 4.12. The second kappa shape index (κ2) is 17.8. The number of carbonyl (C=O) groups is 6. The van der Waals surface area contributed by atoms with Gasteiger partial charge < -0.3 is 35.7 Å². The van der Waals surface area contributed by atoms with Crippen LogP contribution in [0.25, 0.3) is 0 Å². The summed E-state index contributed by atoms with van der Waals surface area (Å²) < 4.78 is 5.66. The highest BCUT2D eigenvalue weighted by Crippen LogP contribution is 2.21. The van der Waals surface area contributed by atoms with Gasteiger partial charge >= 0.3 is 0 Å². The number of carbonyl (C=O) groups excluding carboxylic acids is 5. The van der Waals surface area contributed by atoms with Crippen LogP contribution in [0.2, 0.25) is 0 Å². The van der Waals surface area contributed by atoms with Gasteiger partial charge in [0.25, 0.3) is 11.9 Å². The molecule has 1 aromatic carbocycles. The van der Waals surface area contributed by atoms with Crippen LogP contribution < -0.4 is 21.3 Å². The van der Waals surface area contributed by atoms with E-state index in [1.54, 1.807) is 4.90 Å². The lowest BCUT2D eigenvalue weighted by Crippen LogP contribution is -2.56. The Morgan fingerprint density at radius 3 is 2.28 bits per heavy atom. The first-order chi connectivity index (χ1) is 22.3. The lowest BCUT2D eigenvalue weighted by molar-refractivity contribution is -0.136. The number of piperidine rings is 1. The van der Waals surface area contributed by atoms with Gasteiger partial charge in [-0.2, -0.15) is 0 Å². The number of likely N-dealkylation sites (tertiary alicyclic amines) is 1. The molecule has 2 aliphatic rings. The molecule has 1 aromatic heterocycles. The molecule has 3 atom stereocenters. The number of aliphatic carboxylic acids is 1. The average Bonchev–Trinajstić information content (AvgIpc) is 3.52. The van der Waals surface area contributed by atoms with Crippen molar-refractivity contribution >= 4 is 35.5 Å². The fourth-order valence-corrected chi connectivity index (χ4v) is 5.43. The highest BCUT2D eigenvalue weighted by Gasteiger charge is 2.33. The maximum absolute atomic E-state index is 13.6. The summed E-state index contributed by atoms with van der Waals surface area (Å²) in [4.78, 5) is 79.9. The minimum Gasteiger partial charge on any atom is -0.481 e. The van der Waals surface area contributed by atoms with Crippen LogP contribution in [-0.2, 0) is 30.4 Å². The van der Waals surface area contributed by atoms with Gasteiger partial charge in [-0.1, -0.05) is 44.2 Å². The molecule has 0 spiro atoms. The van der Waals surface area contributed by atoms with Gasteiger partial charge in [0, 0.05) is 45.8 Å². The maximum atomic E-state index is 13.6. The molecule has 2 aromatic rings. The second-order valence-electron chi connectivity index (χ2n) is 12.2. The van der Waals surface area contributed by atoms with E-state index in [1.807, 2.05) is 44.2 Å². The third-order valence-electron chi connectivity index (χ3n) is 8.05. The standard InChI is InChI=1S/C31H42N6O6.C2H4O2/c1-19(2)26-30(42)34-24(17-21-9-5-4-6-10-21)31-35-25(18-43-31)28(40)32-14-8-7-11-23(29(41)36-26)33-27(39)22-12-15-37(16-13-22)20(3)38;1-2(3)4/h4-6,9-10,18-19,22-24,26H,7-8,11-17H2,1-3H3,(H,32,40)(H,33,39)(H,34,42)(H,36,41);1H3,(H,3,4)/t23-,24+,26-;/m0./s1. The number of benzene rings is 1. The molecule has 5 N–H and O–H groups in total. The number of amides is 5. The molecule has 4 rings (SSSR count). The number of oxazole rings is 1. The summed E-state index contributed by atoms with van der Waals surface area (Å²) in [6.45, 7) is 7.60. The molecule has 0 unspecified atom stereocenters. The highest BCUT2D eigenvalue weighted by molar-refractivity contribution is 5.93.